The van der Waals surface area contributed by atoms with E-state index in [1.165, 1.54) is 25.7 Å². The predicted octanol–water partition coefficient (Wildman–Crippen LogP) is 2.94. The number of rotatable bonds is 7. The van der Waals surface area contributed by atoms with Crippen LogP contribution in [0.3, 0.4) is 0 Å². The van der Waals surface area contributed by atoms with E-state index in [-0.39, 0.29) is 0 Å². The molecule has 0 radical (unpaired) electrons. The molecule has 0 heterocycles. The molecule has 0 bridgehead atoms. The van der Waals surface area contributed by atoms with Crippen molar-refractivity contribution in [2.45, 2.75) is 56.9 Å². The highest BCUT2D eigenvalue weighted by Crippen LogP contribution is 2.22. The van der Waals surface area contributed by atoms with Gasteiger partial charge in [-0.15, -0.1) is 11.6 Å². The van der Waals surface area contributed by atoms with Crippen LogP contribution in [0.2, 0.25) is 0 Å². The van der Waals surface area contributed by atoms with Crippen molar-refractivity contribution in [2.24, 2.45) is 0 Å². The van der Waals surface area contributed by atoms with Crippen LogP contribution in [0.25, 0.3) is 0 Å². The summed E-state index contributed by atoms with van der Waals surface area (Å²) in [5, 5.41) is 3.96. The van der Waals surface area contributed by atoms with Crippen LogP contribution >= 0.6 is 11.6 Å². The van der Waals surface area contributed by atoms with E-state index in [1.807, 2.05) is 0 Å². The Hall–Kier alpha value is 0.210. The van der Waals surface area contributed by atoms with E-state index in [0.29, 0.717) is 11.4 Å². The minimum Gasteiger partial charge on any atom is -0.380 e. The van der Waals surface area contributed by atoms with Gasteiger partial charge >= 0.3 is 0 Å². The van der Waals surface area contributed by atoms with Gasteiger partial charge in [0.15, 0.2) is 0 Å². The van der Waals surface area contributed by atoms with Crippen molar-refractivity contribution in [1.29, 1.82) is 0 Å². The van der Waals surface area contributed by atoms with E-state index in [1.54, 1.807) is 0 Å². The highest BCUT2D eigenvalue weighted by Gasteiger charge is 2.18. The molecule has 0 atom stereocenters. The first kappa shape index (κ1) is 13.3. The van der Waals surface area contributed by atoms with Gasteiger partial charge in [0.2, 0.25) is 0 Å². The molecule has 0 aromatic carbocycles. The zero-order valence-electron chi connectivity index (χ0n) is 9.80. The third kappa shape index (κ3) is 6.39. The fourth-order valence-corrected chi connectivity index (χ4v) is 2.19. The van der Waals surface area contributed by atoms with Gasteiger partial charge in [-0.2, -0.15) is 0 Å². The molecule has 0 saturated heterocycles. The number of hydrogen-bond donors (Lipinski definition) is 1. The van der Waals surface area contributed by atoms with E-state index in [4.69, 9.17) is 16.3 Å². The Bertz CT molecular complexity index is 147. The average molecular weight is 234 g/mol. The SMILES string of the molecule is CCCCOCCNC1CCC(Cl)CC1. The molecule has 15 heavy (non-hydrogen) atoms. The molecule has 1 saturated carbocycles. The second-order valence-corrected chi connectivity index (χ2v) is 4.99. The topological polar surface area (TPSA) is 21.3 Å². The van der Waals surface area contributed by atoms with E-state index >= 15 is 0 Å². The van der Waals surface area contributed by atoms with Gasteiger partial charge in [-0.25, -0.2) is 0 Å². The Balaban J connectivity index is 1.87. The van der Waals surface area contributed by atoms with Crippen molar-refractivity contribution in [1.82, 2.24) is 5.32 Å². The minimum atomic E-state index is 0.420. The van der Waals surface area contributed by atoms with Gasteiger partial charge in [0.05, 0.1) is 6.61 Å². The van der Waals surface area contributed by atoms with Crippen LogP contribution in [0.1, 0.15) is 45.4 Å². The zero-order chi connectivity index (χ0) is 10.9. The van der Waals surface area contributed by atoms with Gasteiger partial charge < -0.3 is 10.1 Å². The van der Waals surface area contributed by atoms with Crippen LogP contribution in [-0.2, 0) is 4.74 Å². The molecule has 1 rings (SSSR count). The highest BCUT2D eigenvalue weighted by atomic mass is 35.5. The number of unbranched alkanes of at least 4 members (excludes halogenated alkanes) is 1. The predicted molar refractivity (Wildman–Crippen MR) is 65.6 cm³/mol. The average Bonchev–Trinajstić information content (AvgIpc) is 2.26. The lowest BCUT2D eigenvalue weighted by atomic mass is 9.95. The molecule has 1 N–H and O–H groups in total. The highest BCUT2D eigenvalue weighted by molar-refractivity contribution is 6.20. The van der Waals surface area contributed by atoms with Crippen molar-refractivity contribution in [3.63, 3.8) is 0 Å². The molecule has 0 unspecified atom stereocenters. The molecule has 90 valence electrons. The number of halogens is 1. The molecule has 1 aliphatic carbocycles. The summed E-state index contributed by atoms with van der Waals surface area (Å²) in [5.41, 5.74) is 0. The molecule has 1 aliphatic rings. The standard InChI is InChI=1S/C12H24ClNO/c1-2-3-9-15-10-8-14-12-6-4-11(13)5-7-12/h11-12,14H,2-10H2,1H3. The summed E-state index contributed by atoms with van der Waals surface area (Å²) >= 11 is 6.05. The maximum Gasteiger partial charge on any atom is 0.0590 e. The first-order chi connectivity index (χ1) is 7.33. The van der Waals surface area contributed by atoms with Gasteiger partial charge in [-0.3, -0.25) is 0 Å². The number of nitrogens with one attached hydrogen (secondary N) is 1. The molecule has 0 spiro atoms. The van der Waals surface area contributed by atoms with Crippen LogP contribution in [0.15, 0.2) is 0 Å². The molecule has 0 aromatic heterocycles. The second kappa shape index (κ2) is 8.37. The number of alkyl halides is 1. The molecule has 1 fully saturated rings. The van der Waals surface area contributed by atoms with E-state index < -0.39 is 0 Å². The fraction of sp³-hybridized carbons (Fsp3) is 1.00. The monoisotopic (exact) mass is 233 g/mol. The second-order valence-electron chi connectivity index (χ2n) is 4.37. The van der Waals surface area contributed by atoms with Crippen LogP contribution in [0.5, 0.6) is 0 Å². The lowest BCUT2D eigenvalue weighted by Gasteiger charge is -2.25. The van der Waals surface area contributed by atoms with Crippen LogP contribution in [0, 0.1) is 0 Å². The van der Waals surface area contributed by atoms with Crippen LogP contribution in [0.4, 0.5) is 0 Å². The minimum absolute atomic E-state index is 0.420. The zero-order valence-corrected chi connectivity index (χ0v) is 10.6. The van der Waals surface area contributed by atoms with Crippen LogP contribution in [-0.4, -0.2) is 31.2 Å². The van der Waals surface area contributed by atoms with Crippen molar-refractivity contribution in [2.75, 3.05) is 19.8 Å². The summed E-state index contributed by atoms with van der Waals surface area (Å²) in [4.78, 5) is 0. The fourth-order valence-electron chi connectivity index (χ4n) is 1.94. The number of hydrogen-bond acceptors (Lipinski definition) is 2. The first-order valence-corrected chi connectivity index (χ1v) is 6.71. The number of ether oxygens (including phenoxy) is 1. The van der Waals surface area contributed by atoms with Crippen LogP contribution < -0.4 is 5.32 Å². The maximum absolute atomic E-state index is 6.05. The van der Waals surface area contributed by atoms with E-state index in [9.17, 15) is 0 Å². The third-order valence-corrected chi connectivity index (χ3v) is 3.41. The van der Waals surface area contributed by atoms with Crippen molar-refractivity contribution in [3.8, 4) is 0 Å². The van der Waals surface area contributed by atoms with Gasteiger partial charge in [0, 0.05) is 24.6 Å². The normalized spacial score (nSPS) is 26.8. The van der Waals surface area contributed by atoms with Gasteiger partial charge in [-0.1, -0.05) is 13.3 Å². The summed E-state index contributed by atoms with van der Waals surface area (Å²) in [5.74, 6) is 0. The third-order valence-electron chi connectivity index (χ3n) is 2.98. The smallest absolute Gasteiger partial charge is 0.0590 e. The summed E-state index contributed by atoms with van der Waals surface area (Å²) < 4.78 is 5.50. The Morgan fingerprint density at radius 2 is 1.93 bits per heavy atom. The molecular weight excluding hydrogens is 210 g/mol. The van der Waals surface area contributed by atoms with E-state index in [2.05, 4.69) is 12.2 Å². The van der Waals surface area contributed by atoms with Crippen molar-refractivity contribution < 1.29 is 4.74 Å². The Labute approximate surface area is 98.7 Å². The van der Waals surface area contributed by atoms with Gasteiger partial charge in [0.25, 0.3) is 0 Å². The summed E-state index contributed by atoms with van der Waals surface area (Å²) in [6.45, 7) is 4.93. The Morgan fingerprint density at radius 3 is 2.60 bits per heavy atom. The molecular formula is C12H24ClNO. The largest absolute Gasteiger partial charge is 0.380 e. The lowest BCUT2D eigenvalue weighted by molar-refractivity contribution is 0.129. The lowest BCUT2D eigenvalue weighted by Crippen LogP contribution is -2.35. The Morgan fingerprint density at radius 1 is 1.20 bits per heavy atom. The van der Waals surface area contributed by atoms with Gasteiger partial charge in [-0.05, 0) is 32.1 Å². The quantitative estimate of drug-likeness (QED) is 0.539. The molecule has 0 aromatic rings. The molecule has 0 aliphatic heterocycles. The first-order valence-electron chi connectivity index (χ1n) is 6.28. The molecule has 2 nitrogen and oxygen atoms in total. The van der Waals surface area contributed by atoms with E-state index in [0.717, 1.165) is 32.6 Å². The van der Waals surface area contributed by atoms with Crippen molar-refractivity contribution in [3.05, 3.63) is 0 Å². The molecule has 0 amide bonds. The van der Waals surface area contributed by atoms with Crippen molar-refractivity contribution >= 4 is 11.6 Å². The Kier molecular flexibility index (Phi) is 7.41. The maximum atomic E-state index is 6.05. The summed E-state index contributed by atoms with van der Waals surface area (Å²) in [7, 11) is 0. The van der Waals surface area contributed by atoms with Gasteiger partial charge in [0.1, 0.15) is 0 Å². The summed E-state index contributed by atoms with van der Waals surface area (Å²) in [6.07, 6.45) is 7.17. The molecule has 3 heteroatoms. The summed E-state index contributed by atoms with van der Waals surface area (Å²) in [6, 6.07) is 0.676.